The molecule has 0 saturated carbocycles. The van der Waals surface area contributed by atoms with Gasteiger partial charge in [0.25, 0.3) is 0 Å². The Bertz CT molecular complexity index is 1200. The van der Waals surface area contributed by atoms with Gasteiger partial charge in [0.2, 0.25) is 0 Å². The van der Waals surface area contributed by atoms with Crippen LogP contribution in [0.15, 0.2) is 83.7 Å². The van der Waals surface area contributed by atoms with Crippen molar-refractivity contribution in [2.24, 2.45) is 0 Å². The van der Waals surface area contributed by atoms with E-state index in [4.69, 9.17) is 16.6 Å². The van der Waals surface area contributed by atoms with Gasteiger partial charge in [0.1, 0.15) is 11.8 Å². The third-order valence-electron chi connectivity index (χ3n) is 5.94. The molecule has 0 bridgehead atoms. The van der Waals surface area contributed by atoms with Gasteiger partial charge in [-0.15, -0.1) is 0 Å². The number of nitrogens with one attached hydrogen (secondary N) is 1. The molecule has 156 valence electrons. The lowest BCUT2D eigenvalue weighted by Gasteiger charge is -2.29. The van der Waals surface area contributed by atoms with Gasteiger partial charge < -0.3 is 19.2 Å². The van der Waals surface area contributed by atoms with Crippen LogP contribution in [0, 0.1) is 13.8 Å². The zero-order chi connectivity index (χ0) is 21.4. The molecule has 2 atom stereocenters. The molecule has 4 aromatic rings. The number of aromatic nitrogens is 2. The first-order valence-electron chi connectivity index (χ1n) is 10.4. The van der Waals surface area contributed by atoms with Crippen LogP contribution in [0.3, 0.4) is 0 Å². The number of pyridine rings is 1. The normalized spacial score (nSPS) is 18.4. The van der Waals surface area contributed by atoms with Crippen molar-refractivity contribution in [2.75, 3.05) is 4.90 Å². The van der Waals surface area contributed by atoms with Gasteiger partial charge in [-0.3, -0.25) is 4.98 Å². The highest BCUT2D eigenvalue weighted by Crippen LogP contribution is 2.42. The summed E-state index contributed by atoms with van der Waals surface area (Å²) < 4.78 is 7.83. The maximum Gasteiger partial charge on any atom is 0.174 e. The Morgan fingerprint density at radius 3 is 2.68 bits per heavy atom. The summed E-state index contributed by atoms with van der Waals surface area (Å²) >= 11 is 5.85. The molecule has 0 amide bonds. The van der Waals surface area contributed by atoms with Crippen LogP contribution in [-0.4, -0.2) is 14.7 Å². The summed E-state index contributed by atoms with van der Waals surface area (Å²) in [6.45, 7) is 4.92. The van der Waals surface area contributed by atoms with Crippen LogP contribution in [0.4, 0.5) is 5.69 Å². The minimum absolute atomic E-state index is 0.0468. The monoisotopic (exact) mass is 428 g/mol. The second-order valence-electron chi connectivity index (χ2n) is 7.91. The SMILES string of the molecule is Cc1ccc(N2C(=S)N[C@H](c3ccccn3)[C@@H]2c2cccn2Cc2ccco2)cc1C. The van der Waals surface area contributed by atoms with Crippen molar-refractivity contribution < 1.29 is 4.42 Å². The third kappa shape index (κ3) is 3.64. The average molecular weight is 429 g/mol. The van der Waals surface area contributed by atoms with Crippen LogP contribution in [0.2, 0.25) is 0 Å². The molecule has 1 N–H and O–H groups in total. The molecule has 1 aromatic carbocycles. The van der Waals surface area contributed by atoms with Crippen molar-refractivity contribution in [1.29, 1.82) is 0 Å². The Hall–Kier alpha value is -3.38. The quantitative estimate of drug-likeness (QED) is 0.436. The number of hydrogen-bond donors (Lipinski definition) is 1. The second-order valence-corrected chi connectivity index (χ2v) is 8.29. The number of rotatable bonds is 5. The minimum atomic E-state index is -0.0689. The van der Waals surface area contributed by atoms with E-state index >= 15 is 0 Å². The molecular weight excluding hydrogens is 404 g/mol. The smallest absolute Gasteiger partial charge is 0.174 e. The van der Waals surface area contributed by atoms with E-state index in [1.54, 1.807) is 6.26 Å². The van der Waals surface area contributed by atoms with E-state index < -0.39 is 0 Å². The molecule has 4 heterocycles. The molecule has 1 saturated heterocycles. The maximum absolute atomic E-state index is 5.85. The highest BCUT2D eigenvalue weighted by molar-refractivity contribution is 7.80. The standard InChI is InChI=1S/C25H24N4OS/c1-17-10-11-19(15-18(17)2)29-24(23(27-25(29)31)21-8-3-4-12-26-21)22-9-5-13-28(22)16-20-7-6-14-30-20/h3-15,23-24H,16H2,1-2H3,(H,27,31)/t23-,24+/m1/s1. The molecule has 1 fully saturated rings. The molecule has 5 nitrogen and oxygen atoms in total. The van der Waals surface area contributed by atoms with Crippen LogP contribution in [-0.2, 0) is 6.54 Å². The summed E-state index contributed by atoms with van der Waals surface area (Å²) in [4.78, 5) is 6.86. The summed E-state index contributed by atoms with van der Waals surface area (Å²) in [5, 5.41) is 4.24. The first-order valence-corrected chi connectivity index (χ1v) is 10.8. The van der Waals surface area contributed by atoms with Gasteiger partial charge in [-0.25, -0.2) is 0 Å². The average Bonchev–Trinajstić information content (AvgIpc) is 3.52. The number of aryl methyl sites for hydroxylation is 2. The topological polar surface area (TPSA) is 46.2 Å². The van der Waals surface area contributed by atoms with E-state index in [1.165, 1.54) is 11.1 Å². The predicted molar refractivity (Wildman–Crippen MR) is 126 cm³/mol. The molecule has 6 heteroatoms. The number of hydrogen-bond acceptors (Lipinski definition) is 3. The molecule has 31 heavy (non-hydrogen) atoms. The summed E-state index contributed by atoms with van der Waals surface area (Å²) in [5.74, 6) is 0.915. The molecule has 0 spiro atoms. The zero-order valence-electron chi connectivity index (χ0n) is 17.5. The minimum Gasteiger partial charge on any atom is -0.467 e. The zero-order valence-corrected chi connectivity index (χ0v) is 18.3. The van der Waals surface area contributed by atoms with Crippen LogP contribution >= 0.6 is 12.2 Å². The van der Waals surface area contributed by atoms with Gasteiger partial charge in [0.05, 0.1) is 24.5 Å². The summed E-state index contributed by atoms with van der Waals surface area (Å²) in [6.07, 6.45) is 5.63. The summed E-state index contributed by atoms with van der Waals surface area (Å²) in [5.41, 5.74) is 5.70. The number of anilines is 1. The molecule has 0 unspecified atom stereocenters. The molecule has 5 rings (SSSR count). The van der Waals surface area contributed by atoms with Gasteiger partial charge in [0, 0.05) is 23.8 Å². The van der Waals surface area contributed by atoms with E-state index in [0.717, 1.165) is 22.8 Å². The molecule has 0 radical (unpaired) electrons. The van der Waals surface area contributed by atoms with E-state index in [9.17, 15) is 0 Å². The van der Waals surface area contributed by atoms with E-state index in [2.05, 4.69) is 76.2 Å². The summed E-state index contributed by atoms with van der Waals surface area (Å²) in [6, 6.07) is 20.5. The van der Waals surface area contributed by atoms with Crippen molar-refractivity contribution in [3.05, 3.63) is 108 Å². The number of furan rings is 1. The number of benzene rings is 1. The van der Waals surface area contributed by atoms with Crippen LogP contribution in [0.25, 0.3) is 0 Å². The van der Waals surface area contributed by atoms with Gasteiger partial charge in [-0.2, -0.15) is 0 Å². The second kappa shape index (κ2) is 8.04. The third-order valence-corrected chi connectivity index (χ3v) is 6.26. The largest absolute Gasteiger partial charge is 0.467 e. The van der Waals surface area contributed by atoms with Crippen LogP contribution < -0.4 is 10.2 Å². The highest BCUT2D eigenvalue weighted by atomic mass is 32.1. The Morgan fingerprint density at radius 1 is 1.03 bits per heavy atom. The molecule has 3 aromatic heterocycles. The Kier molecular flexibility index (Phi) is 5.08. The molecule has 1 aliphatic rings. The highest BCUT2D eigenvalue weighted by Gasteiger charge is 2.42. The van der Waals surface area contributed by atoms with Crippen LogP contribution in [0.1, 0.15) is 40.4 Å². The van der Waals surface area contributed by atoms with Crippen molar-refractivity contribution in [3.8, 4) is 0 Å². The van der Waals surface area contributed by atoms with Gasteiger partial charge in [-0.05, 0) is 85.7 Å². The first-order chi connectivity index (χ1) is 15.1. The summed E-state index contributed by atoms with van der Waals surface area (Å²) in [7, 11) is 0. The Labute approximate surface area is 187 Å². The van der Waals surface area contributed by atoms with Gasteiger partial charge in [-0.1, -0.05) is 12.1 Å². The lowest BCUT2D eigenvalue weighted by molar-refractivity contribution is 0.475. The van der Waals surface area contributed by atoms with Crippen molar-refractivity contribution in [3.63, 3.8) is 0 Å². The Morgan fingerprint density at radius 2 is 1.94 bits per heavy atom. The van der Waals surface area contributed by atoms with Gasteiger partial charge in [0.15, 0.2) is 5.11 Å². The predicted octanol–water partition coefficient (Wildman–Crippen LogP) is 5.32. The fourth-order valence-electron chi connectivity index (χ4n) is 4.22. The van der Waals surface area contributed by atoms with E-state index in [0.29, 0.717) is 11.7 Å². The molecule has 1 aliphatic heterocycles. The Balaban J connectivity index is 1.62. The lowest BCUT2D eigenvalue weighted by atomic mass is 10.00. The van der Waals surface area contributed by atoms with Crippen molar-refractivity contribution in [2.45, 2.75) is 32.5 Å². The van der Waals surface area contributed by atoms with Crippen LogP contribution in [0.5, 0.6) is 0 Å². The van der Waals surface area contributed by atoms with Crippen molar-refractivity contribution in [1.82, 2.24) is 14.9 Å². The first kappa shape index (κ1) is 19.6. The lowest BCUT2D eigenvalue weighted by Crippen LogP contribution is -2.30. The fourth-order valence-corrected chi connectivity index (χ4v) is 4.57. The fraction of sp³-hybridized carbons (Fsp3) is 0.200. The van der Waals surface area contributed by atoms with E-state index in [-0.39, 0.29) is 12.1 Å². The van der Waals surface area contributed by atoms with Gasteiger partial charge >= 0.3 is 0 Å². The number of thiocarbonyl (C=S) groups is 1. The van der Waals surface area contributed by atoms with Crippen molar-refractivity contribution >= 4 is 23.0 Å². The number of nitrogens with zero attached hydrogens (tertiary/aromatic N) is 3. The molecule has 0 aliphatic carbocycles. The molecular formula is C25H24N4OS. The maximum atomic E-state index is 5.85. The van der Waals surface area contributed by atoms with E-state index in [1.807, 2.05) is 30.5 Å².